The van der Waals surface area contributed by atoms with Crippen LogP contribution in [-0.4, -0.2) is 33.2 Å². The van der Waals surface area contributed by atoms with Crippen LogP contribution in [0, 0.1) is 12.3 Å². The Labute approximate surface area is 168 Å². The normalized spacial score (nSPS) is 20.7. The molecule has 1 heterocycles. The first-order valence-electron chi connectivity index (χ1n) is 9.46. The monoisotopic (exact) mass is 415 g/mol. The van der Waals surface area contributed by atoms with Crippen molar-refractivity contribution in [2.24, 2.45) is 11.1 Å². The van der Waals surface area contributed by atoms with E-state index in [9.17, 15) is 13.2 Å². The minimum absolute atomic E-state index is 0. The van der Waals surface area contributed by atoms with Gasteiger partial charge in [-0.1, -0.05) is 25.3 Å². The molecule has 152 valence electrons. The number of hydrogen-bond acceptors (Lipinski definition) is 4. The zero-order chi connectivity index (χ0) is 18.8. The van der Waals surface area contributed by atoms with Crippen molar-refractivity contribution in [2.45, 2.75) is 51.9 Å². The molecule has 1 aliphatic heterocycles. The first-order valence-corrected chi connectivity index (χ1v) is 11.1. The van der Waals surface area contributed by atoms with Gasteiger partial charge in [-0.05, 0) is 55.8 Å². The Morgan fingerprint density at radius 3 is 2.52 bits per heavy atom. The Kier molecular flexibility index (Phi) is 7.16. The number of rotatable bonds is 5. The molecule has 1 aliphatic carbocycles. The van der Waals surface area contributed by atoms with Crippen molar-refractivity contribution >= 4 is 39.7 Å². The molecule has 0 radical (unpaired) electrons. The smallest absolute Gasteiger partial charge is 0.235 e. The number of sulfonamides is 1. The van der Waals surface area contributed by atoms with E-state index in [1.807, 2.05) is 19.1 Å². The van der Waals surface area contributed by atoms with Crippen molar-refractivity contribution in [3.8, 4) is 0 Å². The van der Waals surface area contributed by atoms with Crippen LogP contribution in [0.2, 0.25) is 0 Å². The van der Waals surface area contributed by atoms with E-state index in [0.717, 1.165) is 31.2 Å². The highest BCUT2D eigenvalue weighted by Crippen LogP contribution is 2.38. The molecule has 6 nitrogen and oxygen atoms in total. The maximum Gasteiger partial charge on any atom is 0.235 e. The summed E-state index contributed by atoms with van der Waals surface area (Å²) in [5, 5.41) is 2.95. The van der Waals surface area contributed by atoms with Crippen molar-refractivity contribution in [3.05, 3.63) is 23.8 Å². The fraction of sp³-hybridized carbons (Fsp3) is 0.632. The van der Waals surface area contributed by atoms with E-state index >= 15 is 0 Å². The number of halogens is 1. The van der Waals surface area contributed by atoms with Gasteiger partial charge in [-0.15, -0.1) is 12.4 Å². The number of nitrogens with one attached hydrogen (secondary N) is 1. The topological polar surface area (TPSA) is 92.5 Å². The van der Waals surface area contributed by atoms with Crippen LogP contribution in [0.15, 0.2) is 18.2 Å². The standard InChI is InChI=1S/C19H29N3O3S.ClH/c1-15-6-7-16(12-17(15)22-10-5-11-26(22,24)25)21-18(23)13-19(14-20)8-3-2-4-9-19;/h6-7,12H,2-5,8-11,13-14,20H2,1H3,(H,21,23);1H. The average molecular weight is 416 g/mol. The number of nitrogens with zero attached hydrogens (tertiary/aromatic N) is 1. The van der Waals surface area contributed by atoms with Gasteiger partial charge >= 0.3 is 0 Å². The molecule has 27 heavy (non-hydrogen) atoms. The van der Waals surface area contributed by atoms with Gasteiger partial charge in [0.15, 0.2) is 0 Å². The molecule has 1 saturated carbocycles. The molecule has 3 rings (SSSR count). The van der Waals surface area contributed by atoms with Gasteiger partial charge in [0.25, 0.3) is 0 Å². The molecule has 1 aromatic rings. The molecule has 0 atom stereocenters. The van der Waals surface area contributed by atoms with Gasteiger partial charge in [0.05, 0.1) is 11.4 Å². The summed E-state index contributed by atoms with van der Waals surface area (Å²) in [6.45, 7) is 2.92. The molecule has 2 aliphatic rings. The fourth-order valence-electron chi connectivity index (χ4n) is 4.17. The van der Waals surface area contributed by atoms with Crippen LogP contribution in [0.4, 0.5) is 11.4 Å². The van der Waals surface area contributed by atoms with Crippen LogP contribution >= 0.6 is 12.4 Å². The number of aryl methyl sites for hydroxylation is 1. The summed E-state index contributed by atoms with van der Waals surface area (Å²) < 4.78 is 25.9. The second kappa shape index (κ2) is 8.80. The van der Waals surface area contributed by atoms with Gasteiger partial charge in [0, 0.05) is 18.7 Å². The molecule has 3 N–H and O–H groups in total. The second-order valence-electron chi connectivity index (χ2n) is 7.73. The molecule has 0 unspecified atom stereocenters. The Morgan fingerprint density at radius 1 is 1.22 bits per heavy atom. The highest BCUT2D eigenvalue weighted by Gasteiger charge is 2.33. The molecule has 8 heteroatoms. The summed E-state index contributed by atoms with van der Waals surface area (Å²) in [6.07, 6.45) is 6.54. The minimum Gasteiger partial charge on any atom is -0.330 e. The summed E-state index contributed by atoms with van der Waals surface area (Å²) in [4.78, 5) is 12.6. The zero-order valence-electron chi connectivity index (χ0n) is 15.9. The van der Waals surface area contributed by atoms with Crippen molar-refractivity contribution in [2.75, 3.05) is 28.5 Å². The predicted molar refractivity (Wildman–Crippen MR) is 112 cm³/mol. The molecule has 1 amide bonds. The van der Waals surface area contributed by atoms with E-state index in [-0.39, 0.29) is 29.5 Å². The molecule has 1 saturated heterocycles. The van der Waals surface area contributed by atoms with Gasteiger partial charge in [-0.2, -0.15) is 0 Å². The maximum atomic E-state index is 12.6. The van der Waals surface area contributed by atoms with Crippen LogP contribution < -0.4 is 15.4 Å². The van der Waals surface area contributed by atoms with Crippen molar-refractivity contribution < 1.29 is 13.2 Å². The highest BCUT2D eigenvalue weighted by molar-refractivity contribution is 7.93. The first-order chi connectivity index (χ1) is 12.4. The molecule has 0 aromatic heterocycles. The number of nitrogens with two attached hydrogens (primary N) is 1. The Bertz CT molecular complexity index is 776. The lowest BCUT2D eigenvalue weighted by molar-refractivity contribution is -0.118. The molecule has 0 bridgehead atoms. The summed E-state index contributed by atoms with van der Waals surface area (Å²) in [7, 11) is -3.24. The molecule has 1 aromatic carbocycles. The average Bonchev–Trinajstić information content (AvgIpc) is 2.96. The largest absolute Gasteiger partial charge is 0.330 e. The number of carbonyl (C=O) groups excluding carboxylic acids is 1. The molecular weight excluding hydrogens is 386 g/mol. The number of benzene rings is 1. The highest BCUT2D eigenvalue weighted by atomic mass is 35.5. The van der Waals surface area contributed by atoms with Gasteiger partial charge in [-0.25, -0.2) is 8.42 Å². The van der Waals surface area contributed by atoms with Crippen molar-refractivity contribution in [1.29, 1.82) is 0 Å². The predicted octanol–water partition coefficient (Wildman–Crippen LogP) is 3.19. The van der Waals surface area contributed by atoms with Gasteiger partial charge in [0.1, 0.15) is 0 Å². The quantitative estimate of drug-likeness (QED) is 0.772. The molecule has 2 fully saturated rings. The third-order valence-corrected chi connectivity index (χ3v) is 7.60. The second-order valence-corrected chi connectivity index (χ2v) is 9.75. The summed E-state index contributed by atoms with van der Waals surface area (Å²) in [5.41, 5.74) is 8.08. The van der Waals surface area contributed by atoms with Gasteiger partial charge in [-0.3, -0.25) is 9.10 Å². The summed E-state index contributed by atoms with van der Waals surface area (Å²) in [6, 6.07) is 5.46. The molecular formula is C19H30ClN3O3S. The van der Waals surface area contributed by atoms with Crippen molar-refractivity contribution in [1.82, 2.24) is 0 Å². The SMILES string of the molecule is Cc1ccc(NC(=O)CC2(CN)CCCCC2)cc1N1CCCS1(=O)=O.Cl. The van der Waals surface area contributed by atoms with E-state index in [1.54, 1.807) is 6.07 Å². The van der Waals surface area contributed by atoms with E-state index in [0.29, 0.717) is 37.3 Å². The van der Waals surface area contributed by atoms with Gasteiger partial charge < -0.3 is 11.1 Å². The third-order valence-electron chi connectivity index (χ3n) is 5.74. The Morgan fingerprint density at radius 2 is 1.93 bits per heavy atom. The van der Waals surface area contributed by atoms with Crippen LogP contribution in [0.1, 0.15) is 50.5 Å². The maximum absolute atomic E-state index is 12.6. The summed E-state index contributed by atoms with van der Waals surface area (Å²) >= 11 is 0. The van der Waals surface area contributed by atoms with Crippen molar-refractivity contribution in [3.63, 3.8) is 0 Å². The lowest BCUT2D eigenvalue weighted by Gasteiger charge is -2.35. The fourth-order valence-corrected chi connectivity index (χ4v) is 5.78. The third kappa shape index (κ3) is 4.95. The lowest BCUT2D eigenvalue weighted by Crippen LogP contribution is -2.36. The Hall–Kier alpha value is -1.31. The van der Waals surface area contributed by atoms with Crippen LogP contribution in [0.5, 0.6) is 0 Å². The van der Waals surface area contributed by atoms with Crippen LogP contribution in [-0.2, 0) is 14.8 Å². The van der Waals surface area contributed by atoms with E-state index in [4.69, 9.17) is 5.73 Å². The van der Waals surface area contributed by atoms with Gasteiger partial charge in [0.2, 0.25) is 15.9 Å². The summed E-state index contributed by atoms with van der Waals surface area (Å²) in [5.74, 6) is 0.138. The number of anilines is 2. The van der Waals surface area contributed by atoms with Crippen LogP contribution in [0.25, 0.3) is 0 Å². The molecule has 0 spiro atoms. The zero-order valence-corrected chi connectivity index (χ0v) is 17.5. The first kappa shape index (κ1) is 22.0. The van der Waals surface area contributed by atoms with Crippen LogP contribution in [0.3, 0.4) is 0 Å². The minimum atomic E-state index is -3.24. The number of carbonyl (C=O) groups is 1. The lowest BCUT2D eigenvalue weighted by atomic mass is 9.71. The Balaban J connectivity index is 0.00000261. The van der Waals surface area contributed by atoms with E-state index in [2.05, 4.69) is 5.32 Å². The van der Waals surface area contributed by atoms with E-state index in [1.165, 1.54) is 10.7 Å². The number of hydrogen-bond donors (Lipinski definition) is 2. The van der Waals surface area contributed by atoms with E-state index < -0.39 is 10.0 Å². The number of amides is 1.